The van der Waals surface area contributed by atoms with Crippen molar-refractivity contribution in [3.05, 3.63) is 42.0 Å². The molecule has 148 valence electrons. The Bertz CT molecular complexity index is 720. The summed E-state index contributed by atoms with van der Waals surface area (Å²) < 4.78 is 12.6. The van der Waals surface area contributed by atoms with Crippen molar-refractivity contribution in [2.24, 2.45) is 13.0 Å². The normalized spacial score (nSPS) is 11.9. The molecule has 0 saturated heterocycles. The predicted molar refractivity (Wildman–Crippen MR) is 105 cm³/mol. The first-order valence-corrected chi connectivity index (χ1v) is 9.19. The highest BCUT2D eigenvalue weighted by Gasteiger charge is 2.22. The summed E-state index contributed by atoms with van der Waals surface area (Å²) in [6.45, 7) is 4.99. The van der Waals surface area contributed by atoms with Crippen LogP contribution in [0.15, 0.2) is 30.6 Å². The van der Waals surface area contributed by atoms with Crippen molar-refractivity contribution in [2.75, 3.05) is 20.8 Å². The number of aromatic nitrogens is 2. The number of methoxy groups -OCH3 is 2. The Morgan fingerprint density at radius 1 is 1.19 bits per heavy atom. The van der Waals surface area contributed by atoms with Crippen LogP contribution in [0.2, 0.25) is 0 Å². The second kappa shape index (κ2) is 9.85. The third-order valence-corrected chi connectivity index (χ3v) is 4.34. The first-order valence-electron chi connectivity index (χ1n) is 9.19. The molecule has 0 aliphatic heterocycles. The maximum atomic E-state index is 12.5. The molecule has 0 aliphatic carbocycles. The van der Waals surface area contributed by atoms with Crippen LogP contribution in [0.25, 0.3) is 0 Å². The summed E-state index contributed by atoms with van der Waals surface area (Å²) in [6.07, 6.45) is 5.59. The van der Waals surface area contributed by atoms with Gasteiger partial charge in [-0.2, -0.15) is 0 Å². The molecule has 2 rings (SSSR count). The number of urea groups is 1. The van der Waals surface area contributed by atoms with Crippen molar-refractivity contribution >= 4 is 6.03 Å². The summed E-state index contributed by atoms with van der Waals surface area (Å²) in [5.74, 6) is 2.66. The highest BCUT2D eigenvalue weighted by atomic mass is 16.5. The van der Waals surface area contributed by atoms with Crippen molar-refractivity contribution in [3.8, 4) is 11.5 Å². The minimum Gasteiger partial charge on any atom is -0.497 e. The summed E-state index contributed by atoms with van der Waals surface area (Å²) in [7, 11) is 5.10. The fourth-order valence-corrected chi connectivity index (χ4v) is 2.84. The molecular weight excluding hydrogens is 344 g/mol. The van der Waals surface area contributed by atoms with Gasteiger partial charge in [0.1, 0.15) is 23.4 Å². The van der Waals surface area contributed by atoms with Crippen LogP contribution in [0.5, 0.6) is 11.5 Å². The molecule has 2 N–H and O–H groups in total. The first-order chi connectivity index (χ1) is 12.9. The highest BCUT2D eigenvalue weighted by Crippen LogP contribution is 2.29. The Morgan fingerprint density at radius 2 is 1.85 bits per heavy atom. The van der Waals surface area contributed by atoms with E-state index < -0.39 is 6.04 Å². The summed E-state index contributed by atoms with van der Waals surface area (Å²) in [5, 5.41) is 5.95. The number of ether oxygens (including phenoxy) is 2. The number of carbonyl (C=O) groups is 1. The van der Waals surface area contributed by atoms with E-state index >= 15 is 0 Å². The Hall–Kier alpha value is -2.70. The smallest absolute Gasteiger partial charge is 0.315 e. The van der Waals surface area contributed by atoms with Crippen LogP contribution < -0.4 is 20.1 Å². The van der Waals surface area contributed by atoms with E-state index in [4.69, 9.17) is 9.47 Å². The maximum absolute atomic E-state index is 12.5. The second-order valence-electron chi connectivity index (χ2n) is 6.91. The molecule has 2 amide bonds. The van der Waals surface area contributed by atoms with Crippen LogP contribution in [0.3, 0.4) is 0 Å². The van der Waals surface area contributed by atoms with Crippen LogP contribution in [-0.4, -0.2) is 36.3 Å². The number of hydrogen-bond donors (Lipinski definition) is 2. The first kappa shape index (κ1) is 20.6. The number of nitrogens with zero attached hydrogens (tertiary/aromatic N) is 2. The zero-order chi connectivity index (χ0) is 19.8. The lowest BCUT2D eigenvalue weighted by Gasteiger charge is -2.21. The Kier molecular flexibility index (Phi) is 7.52. The van der Waals surface area contributed by atoms with Crippen LogP contribution in [0, 0.1) is 5.92 Å². The van der Waals surface area contributed by atoms with Gasteiger partial charge in [0.2, 0.25) is 0 Å². The predicted octanol–water partition coefficient (Wildman–Crippen LogP) is 3.26. The van der Waals surface area contributed by atoms with Crippen molar-refractivity contribution in [1.82, 2.24) is 20.2 Å². The van der Waals surface area contributed by atoms with E-state index in [0.717, 1.165) is 24.2 Å². The lowest BCUT2D eigenvalue weighted by molar-refractivity contribution is 0.237. The molecule has 7 nitrogen and oxygen atoms in total. The van der Waals surface area contributed by atoms with E-state index in [1.165, 1.54) is 0 Å². The van der Waals surface area contributed by atoms with E-state index in [2.05, 4.69) is 29.5 Å². The second-order valence-corrected chi connectivity index (χ2v) is 6.91. The Morgan fingerprint density at radius 3 is 2.37 bits per heavy atom. The quantitative estimate of drug-likeness (QED) is 0.661. The number of carbonyl (C=O) groups excluding carboxylic acids is 1. The maximum Gasteiger partial charge on any atom is 0.315 e. The zero-order valence-electron chi connectivity index (χ0n) is 16.8. The molecule has 1 atom stereocenters. The molecule has 0 saturated carbocycles. The summed E-state index contributed by atoms with van der Waals surface area (Å²) in [6, 6.07) is 4.89. The monoisotopic (exact) mass is 374 g/mol. The van der Waals surface area contributed by atoms with Crippen molar-refractivity contribution in [1.29, 1.82) is 0 Å². The number of nitrogens with one attached hydrogen (secondary N) is 2. The molecule has 7 heteroatoms. The van der Waals surface area contributed by atoms with Gasteiger partial charge in [0.15, 0.2) is 0 Å². The van der Waals surface area contributed by atoms with Crippen LogP contribution in [-0.2, 0) is 7.05 Å². The van der Waals surface area contributed by atoms with Crippen molar-refractivity contribution < 1.29 is 14.3 Å². The van der Waals surface area contributed by atoms with Gasteiger partial charge >= 0.3 is 6.03 Å². The average Bonchev–Trinajstić information content (AvgIpc) is 3.08. The fraction of sp³-hybridized carbons (Fsp3) is 0.500. The molecule has 0 fully saturated rings. The highest BCUT2D eigenvalue weighted by molar-refractivity contribution is 5.74. The van der Waals surface area contributed by atoms with Gasteiger partial charge in [0, 0.05) is 32.1 Å². The van der Waals surface area contributed by atoms with Gasteiger partial charge < -0.3 is 24.7 Å². The number of benzene rings is 1. The third kappa shape index (κ3) is 5.91. The van der Waals surface area contributed by atoms with Crippen LogP contribution >= 0.6 is 0 Å². The zero-order valence-corrected chi connectivity index (χ0v) is 16.8. The molecule has 27 heavy (non-hydrogen) atoms. The standard InChI is InChI=1S/C20H30N4O3/c1-14(2)7-6-8-22-20(25)23-18(19-21-9-10-24(19)3)15-11-16(26-4)13-17(12-15)27-5/h9-14,18H,6-8H2,1-5H3,(H2,22,23,25). The van der Waals surface area contributed by atoms with E-state index in [9.17, 15) is 4.79 Å². The van der Waals surface area contributed by atoms with Crippen LogP contribution in [0.1, 0.15) is 44.1 Å². The molecule has 0 radical (unpaired) electrons. The van der Waals surface area contributed by atoms with Gasteiger partial charge in [0.25, 0.3) is 0 Å². The van der Waals surface area contributed by atoms with Gasteiger partial charge in [-0.15, -0.1) is 0 Å². The van der Waals surface area contributed by atoms with Gasteiger partial charge in [-0.05, 0) is 36.5 Å². The van der Waals surface area contributed by atoms with E-state index in [0.29, 0.717) is 24.0 Å². The van der Waals surface area contributed by atoms with E-state index in [-0.39, 0.29) is 6.03 Å². The van der Waals surface area contributed by atoms with Gasteiger partial charge in [0.05, 0.1) is 14.2 Å². The van der Waals surface area contributed by atoms with Gasteiger partial charge in [-0.25, -0.2) is 9.78 Å². The van der Waals surface area contributed by atoms with Gasteiger partial charge in [-0.3, -0.25) is 0 Å². The Labute approximate surface area is 161 Å². The minimum atomic E-state index is -0.431. The average molecular weight is 374 g/mol. The Balaban J connectivity index is 2.21. The topological polar surface area (TPSA) is 77.4 Å². The number of amides is 2. The summed E-state index contributed by atoms with van der Waals surface area (Å²) in [4.78, 5) is 16.9. The SMILES string of the molecule is COc1cc(OC)cc(C(NC(=O)NCCCC(C)C)c2nccn2C)c1. The third-order valence-electron chi connectivity index (χ3n) is 4.34. The number of aryl methyl sites for hydroxylation is 1. The lowest BCUT2D eigenvalue weighted by atomic mass is 10.1. The molecule has 1 heterocycles. The fourth-order valence-electron chi connectivity index (χ4n) is 2.84. The summed E-state index contributed by atoms with van der Waals surface area (Å²) >= 11 is 0. The molecule has 1 aromatic heterocycles. The number of rotatable bonds is 9. The lowest BCUT2D eigenvalue weighted by Crippen LogP contribution is -2.39. The molecule has 0 aliphatic rings. The molecule has 1 unspecified atom stereocenters. The van der Waals surface area contributed by atoms with Crippen molar-refractivity contribution in [2.45, 2.75) is 32.7 Å². The van der Waals surface area contributed by atoms with Crippen LogP contribution in [0.4, 0.5) is 4.79 Å². The summed E-state index contributed by atoms with van der Waals surface area (Å²) in [5.41, 5.74) is 0.831. The van der Waals surface area contributed by atoms with E-state index in [1.807, 2.05) is 29.9 Å². The minimum absolute atomic E-state index is 0.228. The number of imidazole rings is 1. The van der Waals surface area contributed by atoms with Crippen molar-refractivity contribution in [3.63, 3.8) is 0 Å². The van der Waals surface area contributed by atoms with Gasteiger partial charge in [-0.1, -0.05) is 13.8 Å². The molecule has 0 spiro atoms. The molecule has 1 aromatic carbocycles. The number of hydrogen-bond acceptors (Lipinski definition) is 4. The van der Waals surface area contributed by atoms with E-state index in [1.54, 1.807) is 26.5 Å². The molecular formula is C20H30N4O3. The molecule has 0 bridgehead atoms. The largest absolute Gasteiger partial charge is 0.497 e. The molecule has 2 aromatic rings.